The van der Waals surface area contributed by atoms with E-state index in [0.717, 1.165) is 0 Å². The van der Waals surface area contributed by atoms with Gasteiger partial charge in [0.1, 0.15) is 5.68 Å². The Morgan fingerprint density at radius 3 is 2.11 bits per heavy atom. The normalized spacial score (nSPS) is 8.89. The highest BCUT2D eigenvalue weighted by molar-refractivity contribution is 6.62. The van der Waals surface area contributed by atoms with Crippen molar-refractivity contribution in [3.63, 3.8) is 0 Å². The van der Waals surface area contributed by atoms with E-state index < -0.39 is 0 Å². The van der Waals surface area contributed by atoms with Crippen LogP contribution in [0.1, 0.15) is 10.4 Å². The van der Waals surface area contributed by atoms with Gasteiger partial charge >= 0.3 is 0 Å². The van der Waals surface area contributed by atoms with Gasteiger partial charge in [-0.25, -0.2) is 0 Å². The molecule has 0 bridgehead atoms. The Labute approximate surface area is 55.1 Å². The zero-order valence-corrected chi connectivity index (χ0v) is 4.87. The van der Waals surface area contributed by atoms with Crippen LogP contribution < -0.4 is 0 Å². The third-order valence-corrected chi connectivity index (χ3v) is 1.06. The molecule has 9 heavy (non-hydrogen) atoms. The van der Waals surface area contributed by atoms with E-state index in [1.807, 2.05) is 6.07 Å². The third-order valence-electron chi connectivity index (χ3n) is 1.06. The van der Waals surface area contributed by atoms with E-state index >= 15 is 0 Å². The average molecular weight is 116 g/mol. The van der Waals surface area contributed by atoms with Gasteiger partial charge in [0.05, 0.1) is 0 Å². The Kier molecular flexibility index (Phi) is 1.68. The molecule has 42 valence electrons. The smallest absolute Gasteiger partial charge is 0.175 e. The quantitative estimate of drug-likeness (QED) is 0.500. The lowest BCUT2D eigenvalue weighted by molar-refractivity contribution is 0.108. The van der Waals surface area contributed by atoms with E-state index in [1.165, 1.54) is 0 Å². The summed E-state index contributed by atoms with van der Waals surface area (Å²) in [6.45, 7) is 0. The van der Waals surface area contributed by atoms with Crippen LogP contribution in [0.3, 0.4) is 0 Å². The molecule has 0 N–H and O–H groups in total. The molecule has 0 aliphatic heterocycles. The van der Waals surface area contributed by atoms with Crippen LogP contribution in [-0.4, -0.2) is 13.5 Å². The van der Waals surface area contributed by atoms with E-state index in [4.69, 9.17) is 7.85 Å². The van der Waals surface area contributed by atoms with E-state index in [1.54, 1.807) is 24.3 Å². The molecule has 1 rings (SSSR count). The Morgan fingerprint density at radius 2 is 1.78 bits per heavy atom. The second-order valence-corrected chi connectivity index (χ2v) is 1.73. The summed E-state index contributed by atoms with van der Waals surface area (Å²) >= 11 is 0. The van der Waals surface area contributed by atoms with Crippen molar-refractivity contribution < 1.29 is 4.79 Å². The maximum Gasteiger partial charge on any atom is 0.175 e. The van der Waals surface area contributed by atoms with E-state index in [9.17, 15) is 4.79 Å². The first-order chi connectivity index (χ1) is 4.30. The summed E-state index contributed by atoms with van der Waals surface area (Å²) in [5.74, 6) is 0. The SMILES string of the molecule is [B]C(=O)c1ccccc1. The lowest BCUT2D eigenvalue weighted by Crippen LogP contribution is -1.94. The first-order valence-electron chi connectivity index (χ1n) is 2.65. The molecule has 0 spiro atoms. The summed E-state index contributed by atoms with van der Waals surface area (Å²) in [7, 11) is 4.97. The van der Waals surface area contributed by atoms with Crippen LogP contribution >= 0.6 is 0 Å². The van der Waals surface area contributed by atoms with Crippen molar-refractivity contribution in [1.29, 1.82) is 0 Å². The van der Waals surface area contributed by atoms with Gasteiger partial charge in [-0.1, -0.05) is 30.3 Å². The lowest BCUT2D eigenvalue weighted by Gasteiger charge is -1.90. The molecule has 0 aromatic heterocycles. The van der Waals surface area contributed by atoms with Crippen LogP contribution in [0.25, 0.3) is 0 Å². The minimum Gasteiger partial charge on any atom is -0.307 e. The van der Waals surface area contributed by atoms with Crippen molar-refractivity contribution in [3.8, 4) is 0 Å². The first kappa shape index (κ1) is 6.08. The number of benzene rings is 1. The number of hydrogen-bond donors (Lipinski definition) is 0. The summed E-state index contributed by atoms with van der Waals surface area (Å²) in [6, 6.07) is 8.76. The number of carbonyl (C=O) groups is 1. The maximum absolute atomic E-state index is 10.4. The standard InChI is InChI=1S/C7H5BO/c8-7(9)6-4-2-1-3-5-6/h1-5H. The summed E-state index contributed by atoms with van der Waals surface area (Å²) in [5.41, 5.74) is 0.174. The number of carbonyl (C=O) groups excluding carboxylic acids is 1. The van der Waals surface area contributed by atoms with Crippen LogP contribution in [0.15, 0.2) is 30.3 Å². The Hall–Kier alpha value is -1.05. The van der Waals surface area contributed by atoms with Crippen LogP contribution in [-0.2, 0) is 0 Å². The minimum atomic E-state index is -0.379. The average Bonchev–Trinajstić information content (AvgIpc) is 1.90. The topological polar surface area (TPSA) is 17.1 Å². The molecule has 0 aliphatic carbocycles. The number of hydrogen-bond acceptors (Lipinski definition) is 1. The molecule has 0 amide bonds. The Balaban J connectivity index is 2.98. The Bertz CT molecular complexity index is 205. The van der Waals surface area contributed by atoms with E-state index in [0.29, 0.717) is 5.56 Å². The van der Waals surface area contributed by atoms with Crippen LogP contribution in [0.4, 0.5) is 0 Å². The highest BCUT2D eigenvalue weighted by Crippen LogP contribution is 1.95. The largest absolute Gasteiger partial charge is 0.307 e. The van der Waals surface area contributed by atoms with Crippen molar-refractivity contribution in [2.45, 2.75) is 0 Å². The van der Waals surface area contributed by atoms with Gasteiger partial charge in [-0.3, -0.25) is 0 Å². The highest BCUT2D eigenvalue weighted by atomic mass is 16.1. The molecule has 2 heteroatoms. The van der Waals surface area contributed by atoms with Gasteiger partial charge in [0.25, 0.3) is 0 Å². The number of rotatable bonds is 1. The van der Waals surface area contributed by atoms with E-state index in [2.05, 4.69) is 0 Å². The summed E-state index contributed by atoms with van der Waals surface area (Å²) < 4.78 is 0. The van der Waals surface area contributed by atoms with Crippen LogP contribution in [0, 0.1) is 0 Å². The van der Waals surface area contributed by atoms with E-state index in [-0.39, 0.29) is 5.68 Å². The predicted octanol–water partition coefficient (Wildman–Crippen LogP) is 0.995. The zero-order valence-electron chi connectivity index (χ0n) is 4.87. The van der Waals surface area contributed by atoms with Gasteiger partial charge in [0.2, 0.25) is 0 Å². The van der Waals surface area contributed by atoms with Crippen molar-refractivity contribution in [2.24, 2.45) is 0 Å². The molecule has 2 radical (unpaired) electrons. The molecule has 1 aromatic carbocycles. The molecular weight excluding hydrogens is 111 g/mol. The second kappa shape index (κ2) is 2.49. The fourth-order valence-corrected chi connectivity index (χ4v) is 0.602. The monoisotopic (exact) mass is 116 g/mol. The van der Waals surface area contributed by atoms with Crippen molar-refractivity contribution >= 4 is 13.5 Å². The molecule has 1 nitrogen and oxygen atoms in total. The molecule has 1 aromatic rings. The first-order valence-corrected chi connectivity index (χ1v) is 2.65. The molecule has 0 aliphatic rings. The third kappa shape index (κ3) is 1.42. The lowest BCUT2D eigenvalue weighted by atomic mass is 9.95. The van der Waals surface area contributed by atoms with Gasteiger partial charge in [-0.05, 0) is 0 Å². The van der Waals surface area contributed by atoms with Gasteiger partial charge in [-0.15, -0.1) is 0 Å². The summed E-state index contributed by atoms with van der Waals surface area (Å²) in [6.07, 6.45) is 0. The second-order valence-electron chi connectivity index (χ2n) is 1.73. The van der Waals surface area contributed by atoms with Crippen LogP contribution in [0.2, 0.25) is 0 Å². The fraction of sp³-hybridized carbons (Fsp3) is 0. The van der Waals surface area contributed by atoms with Crippen molar-refractivity contribution in [1.82, 2.24) is 0 Å². The minimum absolute atomic E-state index is 0.379. The van der Waals surface area contributed by atoms with Crippen molar-refractivity contribution in [3.05, 3.63) is 35.9 Å². The fourth-order valence-electron chi connectivity index (χ4n) is 0.602. The van der Waals surface area contributed by atoms with Crippen LogP contribution in [0.5, 0.6) is 0 Å². The molecular formula is C7H5BO. The molecule has 0 unspecified atom stereocenters. The predicted molar refractivity (Wildman–Crippen MR) is 36.5 cm³/mol. The Morgan fingerprint density at radius 1 is 1.22 bits per heavy atom. The van der Waals surface area contributed by atoms with Gasteiger partial charge in [-0.2, -0.15) is 0 Å². The van der Waals surface area contributed by atoms with Crippen molar-refractivity contribution in [2.75, 3.05) is 0 Å². The van der Waals surface area contributed by atoms with Gasteiger partial charge in [0, 0.05) is 5.56 Å². The molecule has 0 heterocycles. The zero-order chi connectivity index (χ0) is 6.69. The molecule has 0 saturated heterocycles. The summed E-state index contributed by atoms with van der Waals surface area (Å²) in [5, 5.41) is 0. The highest BCUT2D eigenvalue weighted by Gasteiger charge is 1.92. The maximum atomic E-state index is 10.4. The summed E-state index contributed by atoms with van der Waals surface area (Å²) in [4.78, 5) is 10.4. The molecule has 0 fully saturated rings. The van der Waals surface area contributed by atoms with Gasteiger partial charge < -0.3 is 4.79 Å². The molecule has 0 atom stereocenters. The van der Waals surface area contributed by atoms with Gasteiger partial charge in [0.15, 0.2) is 7.85 Å². The molecule has 0 saturated carbocycles.